The lowest BCUT2D eigenvalue weighted by molar-refractivity contribution is 0.620. The van der Waals surface area contributed by atoms with Gasteiger partial charge >= 0.3 is 0 Å². The third kappa shape index (κ3) is 4.59. The number of nitrogens with zero attached hydrogens (tertiary/aromatic N) is 2. The van der Waals surface area contributed by atoms with Crippen molar-refractivity contribution in [3.8, 4) is 0 Å². The second kappa shape index (κ2) is 7.09. The molecule has 1 atom stereocenters. The maximum atomic E-state index is 4.42. The van der Waals surface area contributed by atoms with Gasteiger partial charge in [-0.15, -0.1) is 0 Å². The SMILES string of the molecule is CCCC(CC)Nc1cc(NCC)nc(C)n1. The molecule has 1 unspecified atom stereocenters. The summed E-state index contributed by atoms with van der Waals surface area (Å²) in [6.45, 7) is 9.28. The van der Waals surface area contributed by atoms with E-state index in [2.05, 4.69) is 41.4 Å². The van der Waals surface area contributed by atoms with Crippen LogP contribution in [0.15, 0.2) is 6.07 Å². The fourth-order valence-electron chi connectivity index (χ4n) is 1.85. The second-order valence-electron chi connectivity index (χ2n) is 4.25. The Kier molecular flexibility index (Phi) is 5.73. The monoisotopic (exact) mass is 236 g/mol. The summed E-state index contributed by atoms with van der Waals surface area (Å²) in [7, 11) is 0. The van der Waals surface area contributed by atoms with Gasteiger partial charge in [-0.3, -0.25) is 0 Å². The summed E-state index contributed by atoms with van der Waals surface area (Å²) in [5.41, 5.74) is 0. The van der Waals surface area contributed by atoms with Crippen molar-refractivity contribution in [2.75, 3.05) is 17.2 Å². The van der Waals surface area contributed by atoms with Crippen LogP contribution in [0.4, 0.5) is 11.6 Å². The average molecular weight is 236 g/mol. The Bertz CT molecular complexity index is 338. The van der Waals surface area contributed by atoms with Crippen LogP contribution in [-0.2, 0) is 0 Å². The molecule has 17 heavy (non-hydrogen) atoms. The van der Waals surface area contributed by atoms with E-state index in [0.29, 0.717) is 6.04 Å². The van der Waals surface area contributed by atoms with Gasteiger partial charge in [0.2, 0.25) is 0 Å². The van der Waals surface area contributed by atoms with Crippen LogP contribution in [0, 0.1) is 6.92 Å². The molecule has 4 heteroatoms. The first-order chi connectivity index (χ1) is 8.19. The third-order valence-corrected chi connectivity index (χ3v) is 2.68. The number of hydrogen-bond acceptors (Lipinski definition) is 4. The Morgan fingerprint density at radius 2 is 1.88 bits per heavy atom. The summed E-state index contributed by atoms with van der Waals surface area (Å²) in [4.78, 5) is 8.76. The van der Waals surface area contributed by atoms with Crippen LogP contribution in [0.1, 0.15) is 45.9 Å². The van der Waals surface area contributed by atoms with Gasteiger partial charge in [0, 0.05) is 18.7 Å². The topological polar surface area (TPSA) is 49.8 Å². The molecule has 0 radical (unpaired) electrons. The van der Waals surface area contributed by atoms with Crippen LogP contribution in [-0.4, -0.2) is 22.6 Å². The summed E-state index contributed by atoms with van der Waals surface area (Å²) in [5, 5.41) is 6.70. The predicted molar refractivity (Wildman–Crippen MR) is 73.5 cm³/mol. The van der Waals surface area contributed by atoms with Gasteiger partial charge in [0.1, 0.15) is 17.5 Å². The number of hydrogen-bond donors (Lipinski definition) is 2. The highest BCUT2D eigenvalue weighted by atomic mass is 15.1. The predicted octanol–water partition coefficient (Wildman–Crippen LogP) is 3.21. The van der Waals surface area contributed by atoms with Crippen LogP contribution >= 0.6 is 0 Å². The molecule has 0 aliphatic carbocycles. The van der Waals surface area contributed by atoms with E-state index in [4.69, 9.17) is 0 Å². The molecule has 0 aliphatic rings. The summed E-state index contributed by atoms with van der Waals surface area (Å²) >= 11 is 0. The van der Waals surface area contributed by atoms with Crippen LogP contribution in [0.2, 0.25) is 0 Å². The highest BCUT2D eigenvalue weighted by Crippen LogP contribution is 2.14. The standard InChI is InChI=1S/C13H24N4/c1-5-8-11(6-2)17-13-9-12(14-7-3)15-10(4)16-13/h9,11H,5-8H2,1-4H3,(H2,14,15,16,17). The van der Waals surface area contributed by atoms with E-state index in [1.165, 1.54) is 12.8 Å². The van der Waals surface area contributed by atoms with Gasteiger partial charge in [0.15, 0.2) is 0 Å². The molecule has 0 amide bonds. The molecule has 0 spiro atoms. The Labute approximate surface area is 104 Å². The minimum Gasteiger partial charge on any atom is -0.370 e. The Morgan fingerprint density at radius 1 is 1.18 bits per heavy atom. The molecule has 1 aromatic rings. The molecule has 0 aliphatic heterocycles. The van der Waals surface area contributed by atoms with Gasteiger partial charge in [0.05, 0.1) is 0 Å². The molecule has 96 valence electrons. The molecule has 1 heterocycles. The first-order valence-electron chi connectivity index (χ1n) is 6.55. The Hall–Kier alpha value is -1.32. The van der Waals surface area contributed by atoms with E-state index in [-0.39, 0.29) is 0 Å². The van der Waals surface area contributed by atoms with Gasteiger partial charge in [-0.25, -0.2) is 9.97 Å². The van der Waals surface area contributed by atoms with Gasteiger partial charge in [-0.1, -0.05) is 20.3 Å². The smallest absolute Gasteiger partial charge is 0.132 e. The van der Waals surface area contributed by atoms with Crippen molar-refractivity contribution < 1.29 is 0 Å². The molecule has 1 aromatic heterocycles. The van der Waals surface area contributed by atoms with Crippen molar-refractivity contribution in [1.82, 2.24) is 9.97 Å². The largest absolute Gasteiger partial charge is 0.370 e. The van der Waals surface area contributed by atoms with E-state index in [9.17, 15) is 0 Å². The molecule has 2 N–H and O–H groups in total. The number of nitrogens with one attached hydrogen (secondary N) is 2. The van der Waals surface area contributed by atoms with Crippen LogP contribution in [0.25, 0.3) is 0 Å². The summed E-state index contributed by atoms with van der Waals surface area (Å²) < 4.78 is 0. The highest BCUT2D eigenvalue weighted by molar-refractivity contribution is 5.47. The van der Waals surface area contributed by atoms with Gasteiger partial charge in [-0.2, -0.15) is 0 Å². The van der Waals surface area contributed by atoms with E-state index in [1.807, 2.05) is 13.0 Å². The van der Waals surface area contributed by atoms with Crippen molar-refractivity contribution in [3.63, 3.8) is 0 Å². The molecular weight excluding hydrogens is 212 g/mol. The number of aryl methyl sites for hydroxylation is 1. The minimum absolute atomic E-state index is 0.503. The van der Waals surface area contributed by atoms with Gasteiger partial charge in [-0.05, 0) is 26.7 Å². The summed E-state index contributed by atoms with van der Waals surface area (Å²) in [6, 6.07) is 2.48. The van der Waals surface area contributed by atoms with Crippen molar-refractivity contribution in [2.24, 2.45) is 0 Å². The van der Waals surface area contributed by atoms with Gasteiger partial charge in [0.25, 0.3) is 0 Å². The van der Waals surface area contributed by atoms with E-state index >= 15 is 0 Å². The maximum absolute atomic E-state index is 4.42. The van der Waals surface area contributed by atoms with E-state index < -0.39 is 0 Å². The minimum atomic E-state index is 0.503. The molecule has 0 aromatic carbocycles. The molecule has 0 fully saturated rings. The van der Waals surface area contributed by atoms with Crippen molar-refractivity contribution in [1.29, 1.82) is 0 Å². The first kappa shape index (κ1) is 13.7. The van der Waals surface area contributed by atoms with Crippen LogP contribution < -0.4 is 10.6 Å². The van der Waals surface area contributed by atoms with E-state index in [0.717, 1.165) is 30.4 Å². The zero-order valence-electron chi connectivity index (χ0n) is 11.4. The lowest BCUT2D eigenvalue weighted by Gasteiger charge is -2.17. The van der Waals surface area contributed by atoms with Crippen molar-refractivity contribution >= 4 is 11.6 Å². The third-order valence-electron chi connectivity index (χ3n) is 2.68. The molecule has 0 bridgehead atoms. The second-order valence-corrected chi connectivity index (χ2v) is 4.25. The molecular formula is C13H24N4. The van der Waals surface area contributed by atoms with E-state index in [1.54, 1.807) is 0 Å². The molecule has 4 nitrogen and oxygen atoms in total. The fourth-order valence-corrected chi connectivity index (χ4v) is 1.85. The number of aromatic nitrogens is 2. The lowest BCUT2D eigenvalue weighted by Crippen LogP contribution is -2.19. The molecule has 0 saturated heterocycles. The zero-order valence-corrected chi connectivity index (χ0v) is 11.4. The van der Waals surface area contributed by atoms with Gasteiger partial charge < -0.3 is 10.6 Å². The molecule has 0 saturated carbocycles. The van der Waals surface area contributed by atoms with Crippen LogP contribution in [0.5, 0.6) is 0 Å². The normalized spacial score (nSPS) is 12.2. The fraction of sp³-hybridized carbons (Fsp3) is 0.692. The van der Waals surface area contributed by atoms with Crippen molar-refractivity contribution in [3.05, 3.63) is 11.9 Å². The highest BCUT2D eigenvalue weighted by Gasteiger charge is 2.07. The Morgan fingerprint density at radius 3 is 2.47 bits per heavy atom. The Balaban J connectivity index is 2.75. The molecule has 1 rings (SSSR count). The van der Waals surface area contributed by atoms with Crippen molar-refractivity contribution in [2.45, 2.75) is 53.0 Å². The average Bonchev–Trinajstić information content (AvgIpc) is 2.28. The summed E-state index contributed by atoms with van der Waals surface area (Å²) in [6.07, 6.45) is 3.49. The number of rotatable bonds is 7. The lowest BCUT2D eigenvalue weighted by atomic mass is 10.1. The number of anilines is 2. The summed E-state index contributed by atoms with van der Waals surface area (Å²) in [5.74, 6) is 2.62. The quantitative estimate of drug-likeness (QED) is 0.763. The zero-order chi connectivity index (χ0) is 12.7. The van der Waals surface area contributed by atoms with Crippen LogP contribution in [0.3, 0.4) is 0 Å². The maximum Gasteiger partial charge on any atom is 0.132 e. The first-order valence-corrected chi connectivity index (χ1v) is 6.55.